The minimum Gasteiger partial charge on any atom is -0.388 e. The predicted octanol–water partition coefficient (Wildman–Crippen LogP) is -0.846. The van der Waals surface area contributed by atoms with E-state index in [1.165, 1.54) is 7.05 Å². The summed E-state index contributed by atoms with van der Waals surface area (Å²) in [5.74, 6) is -1.36. The van der Waals surface area contributed by atoms with Gasteiger partial charge in [-0.3, -0.25) is 9.59 Å². The average Bonchev–Trinajstić information content (AvgIpc) is 2.61. The Hall–Kier alpha value is -1.10. The Morgan fingerprint density at radius 1 is 1.29 bits per heavy atom. The molecule has 0 aromatic heterocycles. The van der Waals surface area contributed by atoms with Gasteiger partial charge in [0.2, 0.25) is 0 Å². The maximum Gasteiger partial charge on any atom is 0.309 e. The summed E-state index contributed by atoms with van der Waals surface area (Å²) in [6.07, 6.45) is 3.35. The first-order valence-electron chi connectivity index (χ1n) is 4.80. The predicted molar refractivity (Wildman–Crippen MR) is 50.5 cm³/mol. The van der Waals surface area contributed by atoms with Gasteiger partial charge in [-0.15, -0.1) is 0 Å². The third-order valence-corrected chi connectivity index (χ3v) is 2.55. The molecule has 2 amide bonds. The molecule has 1 saturated carbocycles. The van der Waals surface area contributed by atoms with Crippen LogP contribution in [0.5, 0.6) is 0 Å². The van der Waals surface area contributed by atoms with Crippen LogP contribution in [0.2, 0.25) is 0 Å². The molecule has 1 aliphatic carbocycles. The lowest BCUT2D eigenvalue weighted by atomic mass is 10.0. The van der Waals surface area contributed by atoms with E-state index in [1.54, 1.807) is 0 Å². The van der Waals surface area contributed by atoms with Crippen molar-refractivity contribution in [1.82, 2.24) is 10.6 Å². The molecule has 0 aliphatic heterocycles. The van der Waals surface area contributed by atoms with E-state index in [0.29, 0.717) is 12.8 Å². The molecule has 0 saturated heterocycles. The first-order chi connectivity index (χ1) is 6.57. The summed E-state index contributed by atoms with van der Waals surface area (Å²) >= 11 is 0. The zero-order valence-electron chi connectivity index (χ0n) is 8.30. The van der Waals surface area contributed by atoms with E-state index < -0.39 is 17.4 Å². The number of rotatable bonds is 2. The standard InChI is InChI=1S/C9H16N2O3/c1-10-7(12)8(13)11-6-9(14)4-2-3-5-9/h14H,2-6H2,1H3,(H,10,12)(H,11,13). The van der Waals surface area contributed by atoms with E-state index in [4.69, 9.17) is 0 Å². The average molecular weight is 200 g/mol. The van der Waals surface area contributed by atoms with E-state index in [1.807, 2.05) is 0 Å². The van der Waals surface area contributed by atoms with Crippen LogP contribution in [0.15, 0.2) is 0 Å². The first-order valence-corrected chi connectivity index (χ1v) is 4.80. The van der Waals surface area contributed by atoms with Gasteiger partial charge in [0.1, 0.15) is 0 Å². The van der Waals surface area contributed by atoms with Gasteiger partial charge >= 0.3 is 11.8 Å². The highest BCUT2D eigenvalue weighted by atomic mass is 16.3. The Morgan fingerprint density at radius 2 is 1.86 bits per heavy atom. The van der Waals surface area contributed by atoms with Gasteiger partial charge in [0.25, 0.3) is 0 Å². The van der Waals surface area contributed by atoms with Crippen LogP contribution < -0.4 is 10.6 Å². The lowest BCUT2D eigenvalue weighted by Crippen LogP contribution is -2.45. The van der Waals surface area contributed by atoms with E-state index in [-0.39, 0.29) is 6.54 Å². The molecule has 5 nitrogen and oxygen atoms in total. The quantitative estimate of drug-likeness (QED) is 0.508. The van der Waals surface area contributed by atoms with E-state index in [2.05, 4.69) is 10.6 Å². The maximum absolute atomic E-state index is 11.0. The lowest BCUT2D eigenvalue weighted by Gasteiger charge is -2.21. The molecule has 1 rings (SSSR count). The molecule has 0 aromatic rings. The third-order valence-electron chi connectivity index (χ3n) is 2.55. The highest BCUT2D eigenvalue weighted by Gasteiger charge is 2.31. The summed E-state index contributed by atoms with van der Waals surface area (Å²) in [5, 5.41) is 14.5. The number of amides is 2. The molecule has 0 spiro atoms. The number of hydrogen-bond acceptors (Lipinski definition) is 3. The van der Waals surface area contributed by atoms with Gasteiger partial charge in [0.05, 0.1) is 5.60 Å². The first kappa shape index (κ1) is 11.0. The van der Waals surface area contributed by atoms with E-state index in [9.17, 15) is 14.7 Å². The summed E-state index contributed by atoms with van der Waals surface area (Å²) in [7, 11) is 1.40. The Balaban J connectivity index is 2.32. The Kier molecular flexibility index (Phi) is 3.46. The number of carbonyl (C=O) groups is 2. The second-order valence-electron chi connectivity index (χ2n) is 3.69. The van der Waals surface area contributed by atoms with Gasteiger partial charge in [0.15, 0.2) is 0 Å². The van der Waals surface area contributed by atoms with Gasteiger partial charge in [-0.2, -0.15) is 0 Å². The summed E-state index contributed by atoms with van der Waals surface area (Å²) in [4.78, 5) is 21.9. The highest BCUT2D eigenvalue weighted by Crippen LogP contribution is 2.28. The summed E-state index contributed by atoms with van der Waals surface area (Å²) < 4.78 is 0. The van der Waals surface area contributed by atoms with Crippen LogP contribution in [-0.2, 0) is 9.59 Å². The van der Waals surface area contributed by atoms with Crippen molar-refractivity contribution >= 4 is 11.8 Å². The Morgan fingerprint density at radius 3 is 2.36 bits per heavy atom. The molecule has 1 fully saturated rings. The molecule has 0 aromatic carbocycles. The molecule has 80 valence electrons. The topological polar surface area (TPSA) is 78.4 Å². The van der Waals surface area contributed by atoms with Crippen LogP contribution in [0.3, 0.4) is 0 Å². The van der Waals surface area contributed by atoms with E-state index >= 15 is 0 Å². The zero-order chi connectivity index (χ0) is 10.6. The smallest absolute Gasteiger partial charge is 0.309 e. The van der Waals surface area contributed by atoms with Crippen molar-refractivity contribution < 1.29 is 14.7 Å². The molecule has 0 atom stereocenters. The van der Waals surface area contributed by atoms with Gasteiger partial charge < -0.3 is 15.7 Å². The SMILES string of the molecule is CNC(=O)C(=O)NCC1(O)CCCC1. The molecule has 0 unspecified atom stereocenters. The number of aliphatic hydroxyl groups is 1. The molecule has 0 bridgehead atoms. The molecule has 1 aliphatic rings. The van der Waals surface area contributed by atoms with Crippen molar-refractivity contribution in [1.29, 1.82) is 0 Å². The van der Waals surface area contributed by atoms with Crippen LogP contribution in [0.4, 0.5) is 0 Å². The summed E-state index contributed by atoms with van der Waals surface area (Å²) in [6.45, 7) is 0.166. The van der Waals surface area contributed by atoms with Crippen molar-refractivity contribution in [3.8, 4) is 0 Å². The highest BCUT2D eigenvalue weighted by molar-refractivity contribution is 6.35. The maximum atomic E-state index is 11.0. The minimum atomic E-state index is -0.802. The fourth-order valence-electron chi connectivity index (χ4n) is 1.65. The lowest BCUT2D eigenvalue weighted by molar-refractivity contribution is -0.139. The number of carbonyl (C=O) groups excluding carboxylic acids is 2. The monoisotopic (exact) mass is 200 g/mol. The Labute approximate surface area is 82.9 Å². The normalized spacial score (nSPS) is 19.0. The van der Waals surface area contributed by atoms with Gasteiger partial charge in [-0.1, -0.05) is 12.8 Å². The molecule has 5 heteroatoms. The van der Waals surface area contributed by atoms with E-state index in [0.717, 1.165) is 12.8 Å². The van der Waals surface area contributed by atoms with Crippen LogP contribution in [0, 0.1) is 0 Å². The van der Waals surface area contributed by atoms with Crippen molar-refractivity contribution in [2.24, 2.45) is 0 Å². The molecule has 0 heterocycles. The van der Waals surface area contributed by atoms with Crippen molar-refractivity contribution in [3.63, 3.8) is 0 Å². The molecule has 3 N–H and O–H groups in total. The van der Waals surface area contributed by atoms with Gasteiger partial charge in [-0.25, -0.2) is 0 Å². The van der Waals surface area contributed by atoms with Crippen LogP contribution >= 0.6 is 0 Å². The number of likely N-dealkylation sites (N-methyl/N-ethyl adjacent to an activating group) is 1. The van der Waals surface area contributed by atoms with Crippen LogP contribution in [0.1, 0.15) is 25.7 Å². The second kappa shape index (κ2) is 4.41. The fourth-order valence-corrected chi connectivity index (χ4v) is 1.65. The molecular formula is C9H16N2O3. The molecule has 14 heavy (non-hydrogen) atoms. The summed E-state index contributed by atoms with van der Waals surface area (Å²) in [5.41, 5.74) is -0.802. The van der Waals surface area contributed by atoms with Crippen molar-refractivity contribution in [2.45, 2.75) is 31.3 Å². The van der Waals surface area contributed by atoms with Crippen LogP contribution in [-0.4, -0.2) is 36.1 Å². The third kappa shape index (κ3) is 2.70. The fraction of sp³-hybridized carbons (Fsp3) is 0.778. The second-order valence-corrected chi connectivity index (χ2v) is 3.69. The Bertz CT molecular complexity index is 234. The van der Waals surface area contributed by atoms with Crippen molar-refractivity contribution in [3.05, 3.63) is 0 Å². The van der Waals surface area contributed by atoms with Crippen molar-refractivity contribution in [2.75, 3.05) is 13.6 Å². The van der Waals surface area contributed by atoms with Crippen LogP contribution in [0.25, 0.3) is 0 Å². The largest absolute Gasteiger partial charge is 0.388 e. The van der Waals surface area contributed by atoms with Gasteiger partial charge in [-0.05, 0) is 12.8 Å². The zero-order valence-corrected chi connectivity index (χ0v) is 8.30. The number of nitrogens with one attached hydrogen (secondary N) is 2. The summed E-state index contributed by atoms with van der Waals surface area (Å²) in [6, 6.07) is 0. The molecular weight excluding hydrogens is 184 g/mol. The number of hydrogen-bond donors (Lipinski definition) is 3. The minimum absolute atomic E-state index is 0.166. The molecule has 0 radical (unpaired) electrons. The van der Waals surface area contributed by atoms with Gasteiger partial charge in [0, 0.05) is 13.6 Å².